The normalized spacial score (nSPS) is 16.7. The van der Waals surface area contributed by atoms with Gasteiger partial charge in [-0.1, -0.05) is 35.9 Å². The van der Waals surface area contributed by atoms with Crippen molar-refractivity contribution in [1.82, 2.24) is 0 Å². The van der Waals surface area contributed by atoms with Crippen LogP contribution in [0.5, 0.6) is 0 Å². The fraction of sp³-hybridized carbons (Fsp3) is 0.111. The van der Waals surface area contributed by atoms with Crippen molar-refractivity contribution in [3.05, 3.63) is 69.1 Å². The minimum atomic E-state index is -4.69. The first-order chi connectivity index (χ1) is 12.2. The minimum absolute atomic E-state index is 0.146. The molecule has 0 saturated carbocycles. The summed E-state index contributed by atoms with van der Waals surface area (Å²) in [6.45, 7) is 1.85. The maximum absolute atomic E-state index is 13.0. The number of imide groups is 1. The van der Waals surface area contributed by atoms with Crippen LogP contribution < -0.4 is 4.90 Å². The SMILES string of the molecule is Cc1ccccc1/C=C1\SC(=O)N(c2ccc(Cl)c(C(F)(F)F)c2)C1=O. The molecule has 0 aliphatic carbocycles. The smallest absolute Gasteiger partial charge is 0.268 e. The Morgan fingerprint density at radius 3 is 2.46 bits per heavy atom. The molecule has 26 heavy (non-hydrogen) atoms. The molecule has 0 unspecified atom stereocenters. The van der Waals surface area contributed by atoms with Gasteiger partial charge in [0.25, 0.3) is 11.1 Å². The van der Waals surface area contributed by atoms with Gasteiger partial charge in [-0.25, -0.2) is 4.90 Å². The summed E-state index contributed by atoms with van der Waals surface area (Å²) in [4.78, 5) is 25.7. The van der Waals surface area contributed by atoms with Gasteiger partial charge in [-0.2, -0.15) is 13.2 Å². The van der Waals surface area contributed by atoms with E-state index in [9.17, 15) is 22.8 Å². The number of carbonyl (C=O) groups is 2. The van der Waals surface area contributed by atoms with Gasteiger partial charge in [0.1, 0.15) is 0 Å². The van der Waals surface area contributed by atoms with Crippen LogP contribution in [0.2, 0.25) is 5.02 Å². The number of halogens is 4. The lowest BCUT2D eigenvalue weighted by Crippen LogP contribution is -2.28. The predicted octanol–water partition coefficient (Wildman–Crippen LogP) is 5.91. The summed E-state index contributed by atoms with van der Waals surface area (Å²) < 4.78 is 39.1. The second-order valence-electron chi connectivity index (χ2n) is 5.54. The summed E-state index contributed by atoms with van der Waals surface area (Å²) in [5, 5.41) is -1.16. The first kappa shape index (κ1) is 18.5. The number of aryl methyl sites for hydroxylation is 1. The average Bonchev–Trinajstić information content (AvgIpc) is 2.83. The van der Waals surface area contributed by atoms with Crippen LogP contribution in [0.15, 0.2) is 47.4 Å². The van der Waals surface area contributed by atoms with Crippen molar-refractivity contribution in [1.29, 1.82) is 0 Å². The highest BCUT2D eigenvalue weighted by Crippen LogP contribution is 2.40. The van der Waals surface area contributed by atoms with Crippen LogP contribution in [0.4, 0.5) is 23.7 Å². The maximum atomic E-state index is 13.0. The van der Waals surface area contributed by atoms with Crippen LogP contribution in [0.25, 0.3) is 6.08 Å². The summed E-state index contributed by atoms with van der Waals surface area (Å²) in [7, 11) is 0. The van der Waals surface area contributed by atoms with E-state index in [1.165, 1.54) is 6.07 Å². The molecule has 0 N–H and O–H groups in total. The highest BCUT2D eigenvalue weighted by atomic mass is 35.5. The number of thioether (sulfide) groups is 1. The van der Waals surface area contributed by atoms with Crippen LogP contribution in [0.3, 0.4) is 0 Å². The van der Waals surface area contributed by atoms with Gasteiger partial charge < -0.3 is 0 Å². The zero-order chi connectivity index (χ0) is 19.1. The second kappa shape index (κ2) is 6.81. The van der Waals surface area contributed by atoms with Crippen molar-refractivity contribution in [2.45, 2.75) is 13.1 Å². The maximum Gasteiger partial charge on any atom is 0.417 e. The number of carbonyl (C=O) groups excluding carboxylic acids is 2. The molecular weight excluding hydrogens is 387 g/mol. The Morgan fingerprint density at radius 2 is 1.81 bits per heavy atom. The molecule has 0 spiro atoms. The third-order valence-electron chi connectivity index (χ3n) is 3.78. The first-order valence-electron chi connectivity index (χ1n) is 7.39. The van der Waals surface area contributed by atoms with Gasteiger partial charge in [0.15, 0.2) is 0 Å². The quantitative estimate of drug-likeness (QED) is 0.591. The van der Waals surface area contributed by atoms with Crippen molar-refractivity contribution < 1.29 is 22.8 Å². The van der Waals surface area contributed by atoms with Crippen LogP contribution in [0, 0.1) is 6.92 Å². The van der Waals surface area contributed by atoms with Gasteiger partial charge in [-0.15, -0.1) is 0 Å². The lowest BCUT2D eigenvalue weighted by molar-refractivity contribution is -0.137. The summed E-state index contributed by atoms with van der Waals surface area (Å²) in [5.74, 6) is -0.668. The first-order valence-corrected chi connectivity index (χ1v) is 8.58. The second-order valence-corrected chi connectivity index (χ2v) is 6.94. The fourth-order valence-electron chi connectivity index (χ4n) is 2.45. The largest absolute Gasteiger partial charge is 0.417 e. The van der Waals surface area contributed by atoms with E-state index in [1.807, 2.05) is 19.1 Å². The monoisotopic (exact) mass is 397 g/mol. The van der Waals surface area contributed by atoms with E-state index in [2.05, 4.69) is 0 Å². The van der Waals surface area contributed by atoms with E-state index in [4.69, 9.17) is 11.6 Å². The summed E-state index contributed by atoms with van der Waals surface area (Å²) in [6, 6.07) is 10.2. The minimum Gasteiger partial charge on any atom is -0.268 e. The molecule has 0 radical (unpaired) electrons. The Hall–Kier alpha value is -2.25. The topological polar surface area (TPSA) is 37.4 Å². The molecule has 2 amide bonds. The fourth-order valence-corrected chi connectivity index (χ4v) is 3.51. The van der Waals surface area contributed by atoms with Gasteiger partial charge in [-0.05, 0) is 54.1 Å². The molecule has 8 heteroatoms. The molecular formula is C18H11ClF3NO2S. The Bertz CT molecular complexity index is 940. The van der Waals surface area contributed by atoms with Crippen molar-refractivity contribution in [3.8, 4) is 0 Å². The van der Waals surface area contributed by atoms with E-state index < -0.39 is 27.9 Å². The third-order valence-corrected chi connectivity index (χ3v) is 4.98. The van der Waals surface area contributed by atoms with E-state index in [1.54, 1.807) is 18.2 Å². The molecule has 2 aromatic carbocycles. The molecule has 1 saturated heterocycles. The van der Waals surface area contributed by atoms with E-state index >= 15 is 0 Å². The van der Waals surface area contributed by atoms with Crippen LogP contribution >= 0.6 is 23.4 Å². The van der Waals surface area contributed by atoms with Gasteiger partial charge in [0.05, 0.1) is 21.2 Å². The number of benzene rings is 2. The van der Waals surface area contributed by atoms with Gasteiger partial charge >= 0.3 is 6.18 Å². The molecule has 3 rings (SSSR count). The average molecular weight is 398 g/mol. The van der Waals surface area contributed by atoms with Gasteiger partial charge in [0, 0.05) is 0 Å². The summed E-state index contributed by atoms with van der Waals surface area (Å²) in [6.07, 6.45) is -3.13. The highest BCUT2D eigenvalue weighted by Gasteiger charge is 2.39. The third kappa shape index (κ3) is 3.50. The number of anilines is 1. The standard InChI is InChI=1S/C18H11ClF3NO2S/c1-10-4-2-3-5-11(10)8-15-16(24)23(17(25)26-15)12-6-7-14(19)13(9-12)18(20,21)22/h2-9H,1H3/b15-8-. The van der Waals surface area contributed by atoms with E-state index in [0.29, 0.717) is 17.8 Å². The van der Waals surface area contributed by atoms with Crippen LogP contribution in [-0.4, -0.2) is 11.1 Å². The molecule has 1 aliphatic heterocycles. The summed E-state index contributed by atoms with van der Waals surface area (Å²) >= 11 is 6.27. The Balaban J connectivity index is 1.99. The van der Waals surface area contributed by atoms with Crippen molar-refractivity contribution in [2.75, 3.05) is 4.90 Å². The number of amides is 2. The van der Waals surface area contributed by atoms with Crippen LogP contribution in [0.1, 0.15) is 16.7 Å². The Morgan fingerprint density at radius 1 is 1.12 bits per heavy atom. The molecule has 1 aliphatic rings. The number of rotatable bonds is 2. The van der Waals surface area contributed by atoms with Crippen molar-refractivity contribution >= 4 is 46.3 Å². The van der Waals surface area contributed by atoms with Gasteiger partial charge in [0.2, 0.25) is 0 Å². The van der Waals surface area contributed by atoms with Crippen molar-refractivity contribution in [3.63, 3.8) is 0 Å². The molecule has 0 bridgehead atoms. The lowest BCUT2D eigenvalue weighted by atomic mass is 10.1. The van der Waals surface area contributed by atoms with E-state index in [-0.39, 0.29) is 10.6 Å². The Labute approximate surface area is 156 Å². The molecule has 3 nitrogen and oxygen atoms in total. The number of nitrogens with zero attached hydrogens (tertiary/aromatic N) is 1. The lowest BCUT2D eigenvalue weighted by Gasteiger charge is -2.16. The number of hydrogen-bond acceptors (Lipinski definition) is 3. The predicted molar refractivity (Wildman–Crippen MR) is 96.1 cm³/mol. The zero-order valence-corrected chi connectivity index (χ0v) is 14.9. The Kier molecular flexibility index (Phi) is 4.86. The number of hydrogen-bond donors (Lipinski definition) is 0. The highest BCUT2D eigenvalue weighted by molar-refractivity contribution is 8.19. The molecule has 0 atom stereocenters. The molecule has 134 valence electrons. The summed E-state index contributed by atoms with van der Waals surface area (Å²) in [5.41, 5.74) is 0.395. The van der Waals surface area contributed by atoms with E-state index in [0.717, 1.165) is 22.1 Å². The molecule has 1 fully saturated rings. The zero-order valence-electron chi connectivity index (χ0n) is 13.3. The molecule has 2 aromatic rings. The molecule has 1 heterocycles. The van der Waals surface area contributed by atoms with Crippen molar-refractivity contribution in [2.24, 2.45) is 0 Å². The van der Waals surface area contributed by atoms with Gasteiger partial charge in [-0.3, -0.25) is 9.59 Å². The number of alkyl halides is 3. The van der Waals surface area contributed by atoms with Crippen LogP contribution in [-0.2, 0) is 11.0 Å². The molecule has 0 aromatic heterocycles.